The Kier molecular flexibility index (Phi) is 6.81. The minimum absolute atomic E-state index is 0.126. The van der Waals surface area contributed by atoms with Crippen LogP contribution in [0.5, 0.6) is 0 Å². The predicted octanol–water partition coefficient (Wildman–Crippen LogP) is 3.83. The van der Waals surface area contributed by atoms with Crippen LogP contribution >= 0.6 is 11.3 Å². The number of aryl methyl sites for hydroxylation is 2. The van der Waals surface area contributed by atoms with E-state index in [2.05, 4.69) is 16.2 Å². The second-order valence-corrected chi connectivity index (χ2v) is 8.00. The lowest BCUT2D eigenvalue weighted by atomic mass is 10.00. The molecule has 3 N–H and O–H groups in total. The first-order valence-electron chi connectivity index (χ1n) is 9.69. The van der Waals surface area contributed by atoms with Crippen LogP contribution in [0.4, 0.5) is 5.69 Å². The third-order valence-corrected chi connectivity index (χ3v) is 5.98. The molecule has 0 saturated carbocycles. The van der Waals surface area contributed by atoms with E-state index in [1.807, 2.05) is 6.07 Å². The number of hydrogen-bond acceptors (Lipinski definition) is 4. The van der Waals surface area contributed by atoms with Crippen molar-refractivity contribution in [2.45, 2.75) is 51.9 Å². The van der Waals surface area contributed by atoms with Crippen LogP contribution in [0.1, 0.15) is 69.5 Å². The molecule has 0 radical (unpaired) electrons. The molecule has 1 heterocycles. The minimum atomic E-state index is -0.434. The molecule has 7 heteroatoms. The van der Waals surface area contributed by atoms with Crippen molar-refractivity contribution in [1.82, 2.24) is 10.9 Å². The molecular formula is C21H25N3O3S. The Bertz CT molecular complexity index is 850. The highest BCUT2D eigenvalue weighted by atomic mass is 32.1. The molecule has 2 aromatic rings. The number of carbonyl (C=O) groups is 3. The minimum Gasteiger partial charge on any atom is -0.326 e. The van der Waals surface area contributed by atoms with Gasteiger partial charge in [0.05, 0.1) is 4.88 Å². The quantitative estimate of drug-likeness (QED) is 0.683. The first-order chi connectivity index (χ1) is 13.6. The van der Waals surface area contributed by atoms with Gasteiger partial charge >= 0.3 is 0 Å². The lowest BCUT2D eigenvalue weighted by Crippen LogP contribution is -2.41. The molecule has 0 fully saturated rings. The van der Waals surface area contributed by atoms with Crippen molar-refractivity contribution in [3.05, 3.63) is 51.2 Å². The first kappa shape index (κ1) is 20.1. The lowest BCUT2D eigenvalue weighted by molar-refractivity contribution is -0.115. The average Bonchev–Trinajstić information content (AvgIpc) is 3.08. The number of benzene rings is 1. The predicted molar refractivity (Wildman–Crippen MR) is 110 cm³/mol. The van der Waals surface area contributed by atoms with E-state index in [9.17, 15) is 14.4 Å². The molecule has 3 rings (SSSR count). The van der Waals surface area contributed by atoms with Gasteiger partial charge in [-0.3, -0.25) is 25.2 Å². The van der Waals surface area contributed by atoms with Crippen LogP contribution in [0.25, 0.3) is 0 Å². The zero-order valence-electron chi connectivity index (χ0n) is 16.0. The Balaban J connectivity index is 1.60. The van der Waals surface area contributed by atoms with Gasteiger partial charge < -0.3 is 5.32 Å². The lowest BCUT2D eigenvalue weighted by Gasteiger charge is -2.08. The Morgan fingerprint density at radius 2 is 1.71 bits per heavy atom. The van der Waals surface area contributed by atoms with Gasteiger partial charge in [-0.15, -0.1) is 11.3 Å². The fourth-order valence-electron chi connectivity index (χ4n) is 3.19. The van der Waals surface area contributed by atoms with Gasteiger partial charge in [0.1, 0.15) is 0 Å². The van der Waals surface area contributed by atoms with Crippen molar-refractivity contribution in [3.63, 3.8) is 0 Å². The van der Waals surface area contributed by atoms with E-state index >= 15 is 0 Å². The number of fused-ring (bicyclic) bond motifs is 1. The molecule has 6 nitrogen and oxygen atoms in total. The Hall–Kier alpha value is -2.67. The van der Waals surface area contributed by atoms with Gasteiger partial charge in [0.25, 0.3) is 11.8 Å². The summed E-state index contributed by atoms with van der Waals surface area (Å²) < 4.78 is 0. The molecule has 0 bridgehead atoms. The number of rotatable bonds is 4. The smallest absolute Gasteiger partial charge is 0.279 e. The molecule has 0 atom stereocenters. The molecule has 1 aromatic carbocycles. The summed E-state index contributed by atoms with van der Waals surface area (Å²) in [6.07, 6.45) is 7.20. The Labute approximate surface area is 168 Å². The third kappa shape index (κ3) is 5.19. The zero-order chi connectivity index (χ0) is 19.9. The summed E-state index contributed by atoms with van der Waals surface area (Å²) in [5, 5.41) is 2.71. The molecule has 0 aliphatic heterocycles. The van der Waals surface area contributed by atoms with E-state index in [0.29, 0.717) is 22.5 Å². The van der Waals surface area contributed by atoms with Crippen LogP contribution in [0, 0.1) is 0 Å². The van der Waals surface area contributed by atoms with Crippen LogP contribution in [-0.2, 0) is 17.6 Å². The second kappa shape index (κ2) is 9.50. The van der Waals surface area contributed by atoms with Gasteiger partial charge in [-0.1, -0.05) is 25.8 Å². The van der Waals surface area contributed by atoms with E-state index in [1.54, 1.807) is 31.2 Å². The molecule has 0 spiro atoms. The molecule has 0 unspecified atom stereocenters. The summed E-state index contributed by atoms with van der Waals surface area (Å²) in [6, 6.07) is 8.55. The van der Waals surface area contributed by atoms with Crippen LogP contribution in [0.2, 0.25) is 0 Å². The summed E-state index contributed by atoms with van der Waals surface area (Å²) in [5.41, 5.74) is 7.11. The van der Waals surface area contributed by atoms with E-state index in [1.165, 1.54) is 34.6 Å². The molecular weight excluding hydrogens is 374 g/mol. The number of hydrogen-bond donors (Lipinski definition) is 3. The van der Waals surface area contributed by atoms with Crippen LogP contribution in [0.15, 0.2) is 30.3 Å². The highest BCUT2D eigenvalue weighted by Gasteiger charge is 2.17. The van der Waals surface area contributed by atoms with Gasteiger partial charge in [-0.25, -0.2) is 0 Å². The highest BCUT2D eigenvalue weighted by Crippen LogP contribution is 2.28. The number of hydrazine groups is 1. The van der Waals surface area contributed by atoms with E-state index in [0.717, 1.165) is 25.7 Å². The fourth-order valence-corrected chi connectivity index (χ4v) is 4.34. The summed E-state index contributed by atoms with van der Waals surface area (Å²) in [5.74, 6) is -0.865. The summed E-state index contributed by atoms with van der Waals surface area (Å²) in [6.45, 7) is 1.76. The number of thiophene rings is 1. The topological polar surface area (TPSA) is 87.3 Å². The summed E-state index contributed by atoms with van der Waals surface area (Å²) in [4.78, 5) is 38.2. The SMILES string of the molecule is CCC(=O)Nc1cccc(C(=O)NNC(=O)c2cc3c(s2)CCCCCC3)c1. The van der Waals surface area contributed by atoms with Crippen LogP contribution in [-0.4, -0.2) is 17.7 Å². The molecule has 28 heavy (non-hydrogen) atoms. The maximum atomic E-state index is 12.4. The highest BCUT2D eigenvalue weighted by molar-refractivity contribution is 7.14. The molecule has 1 aliphatic rings. The number of carbonyl (C=O) groups excluding carboxylic acids is 3. The maximum Gasteiger partial charge on any atom is 0.279 e. The first-order valence-corrected chi connectivity index (χ1v) is 10.5. The number of nitrogens with one attached hydrogen (secondary N) is 3. The van der Waals surface area contributed by atoms with E-state index in [4.69, 9.17) is 0 Å². The average molecular weight is 400 g/mol. The van der Waals surface area contributed by atoms with Crippen molar-refractivity contribution in [3.8, 4) is 0 Å². The van der Waals surface area contributed by atoms with Crippen LogP contribution in [0.3, 0.4) is 0 Å². The van der Waals surface area contributed by atoms with Crippen molar-refractivity contribution in [2.24, 2.45) is 0 Å². The van der Waals surface area contributed by atoms with Gasteiger partial charge in [0, 0.05) is 22.5 Å². The number of anilines is 1. The van der Waals surface area contributed by atoms with Crippen LogP contribution < -0.4 is 16.2 Å². The third-order valence-electron chi connectivity index (χ3n) is 4.74. The Morgan fingerprint density at radius 1 is 0.964 bits per heavy atom. The maximum absolute atomic E-state index is 12.4. The van der Waals surface area contributed by atoms with Crippen molar-refractivity contribution in [1.29, 1.82) is 0 Å². The zero-order valence-corrected chi connectivity index (χ0v) is 16.8. The van der Waals surface area contributed by atoms with Gasteiger partial charge in [0.15, 0.2) is 0 Å². The number of amides is 3. The second-order valence-electron chi connectivity index (χ2n) is 6.86. The fraction of sp³-hybridized carbons (Fsp3) is 0.381. The summed E-state index contributed by atoms with van der Waals surface area (Å²) in [7, 11) is 0. The van der Waals surface area contributed by atoms with Gasteiger partial charge in [0.2, 0.25) is 5.91 Å². The molecule has 1 aliphatic carbocycles. The molecule has 3 amide bonds. The molecule has 0 saturated heterocycles. The Morgan fingerprint density at radius 3 is 2.50 bits per heavy atom. The normalized spacial score (nSPS) is 13.6. The molecule has 148 valence electrons. The van der Waals surface area contributed by atoms with Gasteiger partial charge in [-0.05, 0) is 55.5 Å². The van der Waals surface area contributed by atoms with Crippen molar-refractivity contribution >= 4 is 34.7 Å². The van der Waals surface area contributed by atoms with E-state index in [-0.39, 0.29) is 11.8 Å². The monoisotopic (exact) mass is 399 g/mol. The standard InChI is InChI=1S/C21H25N3O3S/c1-2-19(25)22-16-10-7-9-15(12-16)20(26)23-24-21(27)18-13-14-8-5-3-4-6-11-17(14)28-18/h7,9-10,12-13H,2-6,8,11H2,1H3,(H,22,25)(H,23,26)(H,24,27). The molecule has 1 aromatic heterocycles. The van der Waals surface area contributed by atoms with Crippen molar-refractivity contribution in [2.75, 3.05) is 5.32 Å². The largest absolute Gasteiger partial charge is 0.326 e. The van der Waals surface area contributed by atoms with E-state index < -0.39 is 5.91 Å². The van der Waals surface area contributed by atoms with Crippen molar-refractivity contribution < 1.29 is 14.4 Å². The van der Waals surface area contributed by atoms with Gasteiger partial charge in [-0.2, -0.15) is 0 Å². The summed E-state index contributed by atoms with van der Waals surface area (Å²) >= 11 is 1.51.